The minimum Gasteiger partial charge on any atom is -0.475 e. The molecule has 1 saturated heterocycles. The topological polar surface area (TPSA) is 64.1 Å². The molecule has 1 fully saturated rings. The van der Waals surface area contributed by atoms with Crippen molar-refractivity contribution in [3.63, 3.8) is 0 Å². The average Bonchev–Trinajstić information content (AvgIpc) is 2.83. The number of carboxylic acids is 1. The van der Waals surface area contributed by atoms with E-state index in [1.165, 1.54) is 11.1 Å². The van der Waals surface area contributed by atoms with Gasteiger partial charge < -0.3 is 19.8 Å². The smallest absolute Gasteiger partial charge is 0.475 e. The molecular formula is C27H34F3N3O3. The van der Waals surface area contributed by atoms with E-state index >= 15 is 0 Å². The average molecular weight is 506 g/mol. The summed E-state index contributed by atoms with van der Waals surface area (Å²) in [6.07, 6.45) is -2.85. The van der Waals surface area contributed by atoms with Gasteiger partial charge in [-0.25, -0.2) is 4.79 Å². The van der Waals surface area contributed by atoms with Crippen LogP contribution in [0.4, 0.5) is 18.9 Å². The van der Waals surface area contributed by atoms with Crippen LogP contribution in [0.2, 0.25) is 0 Å². The number of likely N-dealkylation sites (tertiary alicyclic amines) is 1. The third-order valence-corrected chi connectivity index (χ3v) is 7.09. The molecule has 1 amide bonds. The van der Waals surface area contributed by atoms with Crippen molar-refractivity contribution in [2.24, 2.45) is 0 Å². The standard InChI is InChI=1S/C25H33N3O.C2HF3O2/c1-19(2)27-15-13-25(14-16-27)18-28(17-21-7-5-6-8-23(21)25)24(29)20-9-11-22(12-10-20)26(3)4;3-2(4,5)1(6)7/h5-12,19H,13-18H2,1-4H3;(H,6,7). The Hall–Kier alpha value is -3.07. The number of hydrogen-bond acceptors (Lipinski definition) is 4. The van der Waals surface area contributed by atoms with Crippen LogP contribution in [0.25, 0.3) is 0 Å². The molecule has 9 heteroatoms. The number of nitrogens with zero attached hydrogens (tertiary/aromatic N) is 3. The lowest BCUT2D eigenvalue weighted by atomic mass is 9.68. The maximum Gasteiger partial charge on any atom is 0.490 e. The third-order valence-electron chi connectivity index (χ3n) is 7.09. The van der Waals surface area contributed by atoms with E-state index in [1.54, 1.807) is 0 Å². The minimum absolute atomic E-state index is 0.0828. The normalized spacial score (nSPS) is 17.3. The molecule has 0 radical (unpaired) electrons. The van der Waals surface area contributed by atoms with Crippen LogP contribution in [0.5, 0.6) is 0 Å². The first kappa shape index (κ1) is 27.5. The van der Waals surface area contributed by atoms with Crippen LogP contribution in [0.15, 0.2) is 48.5 Å². The van der Waals surface area contributed by atoms with Gasteiger partial charge in [-0.1, -0.05) is 24.3 Å². The molecule has 0 aliphatic carbocycles. The Balaban J connectivity index is 0.000000454. The van der Waals surface area contributed by atoms with E-state index in [0.717, 1.165) is 43.7 Å². The molecule has 36 heavy (non-hydrogen) atoms. The first-order chi connectivity index (χ1) is 16.8. The van der Waals surface area contributed by atoms with Crippen LogP contribution in [0.3, 0.4) is 0 Å². The maximum absolute atomic E-state index is 13.4. The predicted molar refractivity (Wildman–Crippen MR) is 133 cm³/mol. The van der Waals surface area contributed by atoms with Crippen LogP contribution >= 0.6 is 0 Å². The molecule has 2 aliphatic heterocycles. The molecular weight excluding hydrogens is 471 g/mol. The zero-order valence-electron chi connectivity index (χ0n) is 21.2. The number of fused-ring (bicyclic) bond motifs is 2. The highest BCUT2D eigenvalue weighted by molar-refractivity contribution is 5.94. The number of carbonyl (C=O) groups excluding carboxylic acids is 1. The first-order valence-corrected chi connectivity index (χ1v) is 12.0. The van der Waals surface area contributed by atoms with E-state index in [0.29, 0.717) is 12.6 Å². The number of rotatable bonds is 3. The van der Waals surface area contributed by atoms with Crippen molar-refractivity contribution in [2.45, 2.75) is 50.9 Å². The number of carbonyl (C=O) groups is 2. The predicted octanol–water partition coefficient (Wildman–Crippen LogP) is 4.78. The summed E-state index contributed by atoms with van der Waals surface area (Å²) in [7, 11) is 4.04. The van der Waals surface area contributed by atoms with E-state index in [2.05, 4.69) is 52.8 Å². The fourth-order valence-electron chi connectivity index (χ4n) is 5.01. The Morgan fingerprint density at radius 2 is 1.56 bits per heavy atom. The molecule has 4 rings (SSSR count). The van der Waals surface area contributed by atoms with Crippen molar-refractivity contribution in [3.8, 4) is 0 Å². The van der Waals surface area contributed by atoms with Crippen molar-refractivity contribution < 1.29 is 27.9 Å². The molecule has 1 N–H and O–H groups in total. The number of aliphatic carboxylic acids is 1. The molecule has 1 spiro atoms. The van der Waals surface area contributed by atoms with E-state index in [4.69, 9.17) is 9.90 Å². The Morgan fingerprint density at radius 3 is 2.06 bits per heavy atom. The molecule has 196 valence electrons. The first-order valence-electron chi connectivity index (χ1n) is 12.0. The van der Waals surface area contributed by atoms with Gasteiger partial charge in [0.1, 0.15) is 0 Å². The van der Waals surface area contributed by atoms with E-state index < -0.39 is 12.1 Å². The van der Waals surface area contributed by atoms with Gasteiger partial charge in [-0.05, 0) is 75.2 Å². The molecule has 0 saturated carbocycles. The van der Waals surface area contributed by atoms with Crippen molar-refractivity contribution in [1.29, 1.82) is 0 Å². The van der Waals surface area contributed by atoms with Gasteiger partial charge in [-0.15, -0.1) is 0 Å². The Morgan fingerprint density at radius 1 is 1.00 bits per heavy atom. The maximum atomic E-state index is 13.4. The van der Waals surface area contributed by atoms with Crippen molar-refractivity contribution >= 4 is 17.6 Å². The van der Waals surface area contributed by atoms with Gasteiger partial charge in [-0.3, -0.25) is 4.79 Å². The second-order valence-corrected chi connectivity index (χ2v) is 9.97. The zero-order chi connectivity index (χ0) is 26.7. The molecule has 0 atom stereocenters. The number of piperidine rings is 1. The summed E-state index contributed by atoms with van der Waals surface area (Å²) in [5, 5.41) is 7.12. The van der Waals surface area contributed by atoms with Crippen LogP contribution < -0.4 is 4.90 Å². The summed E-state index contributed by atoms with van der Waals surface area (Å²) in [5.41, 5.74) is 4.76. The lowest BCUT2D eigenvalue weighted by Crippen LogP contribution is -2.54. The fourth-order valence-corrected chi connectivity index (χ4v) is 5.01. The highest BCUT2D eigenvalue weighted by Crippen LogP contribution is 2.42. The Labute approximate surface area is 210 Å². The largest absolute Gasteiger partial charge is 0.490 e. The van der Waals surface area contributed by atoms with Crippen molar-refractivity contribution in [2.75, 3.05) is 38.6 Å². The number of carboxylic acid groups (broad SMARTS) is 1. The lowest BCUT2D eigenvalue weighted by Gasteiger charge is -2.49. The molecule has 2 aromatic rings. The van der Waals surface area contributed by atoms with Crippen molar-refractivity contribution in [3.05, 3.63) is 65.2 Å². The highest BCUT2D eigenvalue weighted by Gasteiger charge is 2.43. The zero-order valence-corrected chi connectivity index (χ0v) is 21.2. The molecule has 2 aromatic carbocycles. The van der Waals surface area contributed by atoms with Gasteiger partial charge >= 0.3 is 12.1 Å². The van der Waals surface area contributed by atoms with Crippen LogP contribution in [-0.4, -0.2) is 72.7 Å². The van der Waals surface area contributed by atoms with Crippen LogP contribution in [0.1, 0.15) is 48.2 Å². The number of amides is 1. The van der Waals surface area contributed by atoms with Crippen molar-refractivity contribution in [1.82, 2.24) is 9.80 Å². The van der Waals surface area contributed by atoms with Gasteiger partial charge in [0.05, 0.1) is 0 Å². The quantitative estimate of drug-likeness (QED) is 0.650. The van der Waals surface area contributed by atoms with Gasteiger partial charge in [-0.2, -0.15) is 13.2 Å². The van der Waals surface area contributed by atoms with Gasteiger partial charge in [0.25, 0.3) is 5.91 Å². The third kappa shape index (κ3) is 6.19. The highest BCUT2D eigenvalue weighted by atomic mass is 19.4. The number of halogens is 3. The lowest BCUT2D eigenvalue weighted by molar-refractivity contribution is -0.192. The summed E-state index contributed by atoms with van der Waals surface area (Å²) >= 11 is 0. The van der Waals surface area contributed by atoms with Gasteiger partial charge in [0.2, 0.25) is 0 Å². The van der Waals surface area contributed by atoms with Crippen LogP contribution in [-0.2, 0) is 16.8 Å². The Bertz CT molecular complexity index is 1060. The number of benzene rings is 2. The number of alkyl halides is 3. The van der Waals surface area contributed by atoms with Gasteiger partial charge in [0, 0.05) is 49.9 Å². The second-order valence-electron chi connectivity index (χ2n) is 9.97. The monoisotopic (exact) mass is 505 g/mol. The summed E-state index contributed by atoms with van der Waals surface area (Å²) in [6, 6.07) is 17.3. The van der Waals surface area contributed by atoms with E-state index in [9.17, 15) is 18.0 Å². The molecule has 0 bridgehead atoms. The summed E-state index contributed by atoms with van der Waals surface area (Å²) < 4.78 is 31.7. The molecule has 6 nitrogen and oxygen atoms in total. The second kappa shape index (κ2) is 10.9. The molecule has 0 aromatic heterocycles. The van der Waals surface area contributed by atoms with Crippen LogP contribution in [0, 0.1) is 0 Å². The fraction of sp³-hybridized carbons (Fsp3) is 0.481. The summed E-state index contributed by atoms with van der Waals surface area (Å²) in [6.45, 7) is 8.29. The number of hydrogen-bond donors (Lipinski definition) is 1. The molecule has 2 heterocycles. The summed E-state index contributed by atoms with van der Waals surface area (Å²) in [4.78, 5) is 29.0. The van der Waals surface area contributed by atoms with E-state index in [1.807, 2.05) is 38.4 Å². The minimum atomic E-state index is -5.08. The number of anilines is 1. The van der Waals surface area contributed by atoms with Gasteiger partial charge in [0.15, 0.2) is 0 Å². The van der Waals surface area contributed by atoms with E-state index in [-0.39, 0.29) is 11.3 Å². The summed E-state index contributed by atoms with van der Waals surface area (Å²) in [5.74, 6) is -2.61. The molecule has 2 aliphatic rings. The molecule has 0 unspecified atom stereocenters. The SMILES string of the molecule is CC(C)N1CCC2(CC1)CN(C(=O)c1ccc(N(C)C)cc1)Cc1ccccc12.O=C(O)C(F)(F)F. The Kier molecular flexibility index (Phi) is 8.33.